The smallest absolute Gasteiger partial charge is 0.253 e. The van der Waals surface area contributed by atoms with Gasteiger partial charge in [0.15, 0.2) is 0 Å². The van der Waals surface area contributed by atoms with Gasteiger partial charge in [-0.2, -0.15) is 0 Å². The molecule has 0 aliphatic carbocycles. The molecule has 3 aromatic rings. The summed E-state index contributed by atoms with van der Waals surface area (Å²) in [7, 11) is 0. The Hall–Kier alpha value is -3.45. The van der Waals surface area contributed by atoms with E-state index in [1.165, 1.54) is 6.20 Å². The topological polar surface area (TPSA) is 82.6 Å². The van der Waals surface area contributed by atoms with Gasteiger partial charge in [0, 0.05) is 49.7 Å². The zero-order valence-corrected chi connectivity index (χ0v) is 17.0. The summed E-state index contributed by atoms with van der Waals surface area (Å²) in [6.07, 6.45) is 6.93. The molecule has 1 fully saturated rings. The normalized spacial score (nSPS) is 19.5. The van der Waals surface area contributed by atoms with E-state index in [1.54, 1.807) is 24.5 Å². The van der Waals surface area contributed by atoms with Gasteiger partial charge in [-0.1, -0.05) is 12.1 Å². The average Bonchev–Trinajstić information content (AvgIpc) is 2.78. The number of pyridine rings is 2. The zero-order valence-electron chi connectivity index (χ0n) is 17.0. The monoisotopic (exact) mass is 417 g/mol. The molecule has 5 rings (SSSR count). The van der Waals surface area contributed by atoms with Crippen LogP contribution in [0.15, 0.2) is 61.1 Å². The van der Waals surface area contributed by atoms with Crippen LogP contribution in [0.3, 0.4) is 0 Å². The molecule has 7 nitrogen and oxygen atoms in total. The maximum Gasteiger partial charge on any atom is 0.253 e. The summed E-state index contributed by atoms with van der Waals surface area (Å²) in [6, 6.07) is 13.3. The third kappa shape index (κ3) is 4.36. The Balaban J connectivity index is 1.24. The number of amides is 1. The Bertz CT molecular complexity index is 1050. The van der Waals surface area contributed by atoms with Gasteiger partial charge < -0.3 is 19.5 Å². The second-order valence-corrected chi connectivity index (χ2v) is 7.68. The molecule has 2 aliphatic rings. The third-order valence-electron chi connectivity index (χ3n) is 5.56. The molecule has 0 spiro atoms. The van der Waals surface area contributed by atoms with Gasteiger partial charge in [-0.05, 0) is 35.4 Å². The van der Waals surface area contributed by atoms with Crippen molar-refractivity contribution in [3.63, 3.8) is 0 Å². The van der Waals surface area contributed by atoms with E-state index >= 15 is 0 Å². The van der Waals surface area contributed by atoms with Crippen LogP contribution in [0.2, 0.25) is 0 Å². The molecule has 1 N–H and O–H groups in total. The Morgan fingerprint density at radius 2 is 2.03 bits per heavy atom. The number of nitrogens with zero attached hydrogens (tertiary/aromatic N) is 2. The standard InChI is InChI=1S/C24H23N3O4/c28-24(17-4-5-23(26-13-17)31-15-19-8-11-29-19)27-18-12-21-20(16-6-9-25-10-7-16)2-1-3-22(21)30-14-18/h1-7,9-10,13,18-19H,8,11-12,14-15H2,(H,27,28)/t18-,19?/m0/s1. The van der Waals surface area contributed by atoms with E-state index in [0.29, 0.717) is 31.1 Å². The van der Waals surface area contributed by atoms with Crippen molar-refractivity contribution in [2.45, 2.75) is 25.0 Å². The second kappa shape index (κ2) is 8.73. The fraction of sp³-hybridized carbons (Fsp3) is 0.292. The average molecular weight is 417 g/mol. The van der Waals surface area contributed by atoms with Crippen molar-refractivity contribution in [3.05, 3.63) is 72.2 Å². The van der Waals surface area contributed by atoms with E-state index in [2.05, 4.69) is 21.4 Å². The van der Waals surface area contributed by atoms with Crippen LogP contribution >= 0.6 is 0 Å². The first kappa shape index (κ1) is 19.5. The van der Waals surface area contributed by atoms with Crippen molar-refractivity contribution < 1.29 is 19.0 Å². The number of ether oxygens (including phenoxy) is 3. The molecule has 2 atom stereocenters. The molecule has 1 saturated heterocycles. The number of rotatable bonds is 6. The maximum atomic E-state index is 12.7. The van der Waals surface area contributed by atoms with Crippen LogP contribution < -0.4 is 14.8 Å². The van der Waals surface area contributed by atoms with Crippen molar-refractivity contribution in [1.29, 1.82) is 0 Å². The SMILES string of the molecule is O=C(N[C@@H]1COc2cccc(-c3ccncc3)c2C1)c1ccc(OCC2CCO2)nc1. The Labute approximate surface area is 180 Å². The van der Waals surface area contributed by atoms with Crippen LogP contribution in [0, 0.1) is 0 Å². The quantitative estimate of drug-likeness (QED) is 0.664. The van der Waals surface area contributed by atoms with Gasteiger partial charge in [0.1, 0.15) is 19.0 Å². The molecule has 4 heterocycles. The van der Waals surface area contributed by atoms with Crippen molar-refractivity contribution in [2.24, 2.45) is 0 Å². The lowest BCUT2D eigenvalue weighted by molar-refractivity contribution is -0.0727. The number of fused-ring (bicyclic) bond motifs is 1. The molecule has 7 heteroatoms. The van der Waals surface area contributed by atoms with Crippen LogP contribution in [0.5, 0.6) is 11.6 Å². The minimum absolute atomic E-state index is 0.130. The van der Waals surface area contributed by atoms with Gasteiger partial charge in [0.25, 0.3) is 5.91 Å². The van der Waals surface area contributed by atoms with Crippen LogP contribution in [0.1, 0.15) is 22.3 Å². The lowest BCUT2D eigenvalue weighted by atomic mass is 9.93. The number of hydrogen-bond donors (Lipinski definition) is 1. The first-order valence-electron chi connectivity index (χ1n) is 10.4. The fourth-order valence-corrected chi connectivity index (χ4v) is 3.76. The molecule has 1 unspecified atom stereocenters. The second-order valence-electron chi connectivity index (χ2n) is 7.68. The molecule has 2 aliphatic heterocycles. The third-order valence-corrected chi connectivity index (χ3v) is 5.56. The summed E-state index contributed by atoms with van der Waals surface area (Å²) in [5.41, 5.74) is 3.75. The number of hydrogen-bond acceptors (Lipinski definition) is 6. The highest BCUT2D eigenvalue weighted by molar-refractivity contribution is 5.94. The van der Waals surface area contributed by atoms with E-state index < -0.39 is 0 Å². The van der Waals surface area contributed by atoms with Crippen LogP contribution in [0.4, 0.5) is 0 Å². The van der Waals surface area contributed by atoms with Gasteiger partial charge in [0.05, 0.1) is 17.7 Å². The lowest BCUT2D eigenvalue weighted by Crippen LogP contribution is -2.42. The number of benzene rings is 1. The highest BCUT2D eigenvalue weighted by atomic mass is 16.5. The predicted molar refractivity (Wildman–Crippen MR) is 114 cm³/mol. The minimum Gasteiger partial charge on any atom is -0.491 e. The van der Waals surface area contributed by atoms with Crippen molar-refractivity contribution >= 4 is 5.91 Å². The highest BCUT2D eigenvalue weighted by Crippen LogP contribution is 2.34. The predicted octanol–water partition coefficient (Wildman–Crippen LogP) is 3.04. The summed E-state index contributed by atoms with van der Waals surface area (Å²) in [5, 5.41) is 3.07. The summed E-state index contributed by atoms with van der Waals surface area (Å²) < 4.78 is 16.9. The fourth-order valence-electron chi connectivity index (χ4n) is 3.76. The number of aromatic nitrogens is 2. The Morgan fingerprint density at radius 3 is 2.77 bits per heavy atom. The maximum absolute atomic E-state index is 12.7. The zero-order chi connectivity index (χ0) is 21.0. The number of carbonyl (C=O) groups excluding carboxylic acids is 1. The molecule has 158 valence electrons. The highest BCUT2D eigenvalue weighted by Gasteiger charge is 2.25. The number of nitrogens with one attached hydrogen (secondary N) is 1. The molecule has 1 amide bonds. The van der Waals surface area contributed by atoms with E-state index in [4.69, 9.17) is 14.2 Å². The van der Waals surface area contributed by atoms with Crippen molar-refractivity contribution in [2.75, 3.05) is 19.8 Å². The molecule has 31 heavy (non-hydrogen) atoms. The Morgan fingerprint density at radius 1 is 1.16 bits per heavy atom. The van der Waals surface area contributed by atoms with E-state index in [1.807, 2.05) is 24.3 Å². The van der Waals surface area contributed by atoms with Crippen LogP contribution in [0.25, 0.3) is 11.1 Å². The lowest BCUT2D eigenvalue weighted by Gasteiger charge is -2.28. The van der Waals surface area contributed by atoms with Gasteiger partial charge in [0.2, 0.25) is 5.88 Å². The van der Waals surface area contributed by atoms with Crippen LogP contribution in [-0.2, 0) is 11.2 Å². The number of carbonyl (C=O) groups is 1. The first-order chi connectivity index (χ1) is 15.3. The van der Waals surface area contributed by atoms with Gasteiger partial charge in [-0.25, -0.2) is 4.98 Å². The largest absolute Gasteiger partial charge is 0.491 e. The van der Waals surface area contributed by atoms with Crippen LogP contribution in [-0.4, -0.2) is 47.8 Å². The summed E-state index contributed by atoms with van der Waals surface area (Å²) in [5.74, 6) is 1.17. The first-order valence-corrected chi connectivity index (χ1v) is 10.4. The van der Waals surface area contributed by atoms with E-state index in [9.17, 15) is 4.79 Å². The molecule has 0 bridgehead atoms. The summed E-state index contributed by atoms with van der Waals surface area (Å²) in [4.78, 5) is 21.1. The summed E-state index contributed by atoms with van der Waals surface area (Å²) >= 11 is 0. The van der Waals surface area contributed by atoms with Crippen molar-refractivity contribution in [1.82, 2.24) is 15.3 Å². The minimum atomic E-state index is -0.181. The molecular formula is C24H23N3O4. The molecule has 0 radical (unpaired) electrons. The van der Waals surface area contributed by atoms with E-state index in [0.717, 1.165) is 35.5 Å². The van der Waals surface area contributed by atoms with Gasteiger partial charge in [-0.15, -0.1) is 0 Å². The van der Waals surface area contributed by atoms with Crippen molar-refractivity contribution in [3.8, 4) is 22.8 Å². The molecule has 1 aromatic carbocycles. The molecular weight excluding hydrogens is 394 g/mol. The molecule has 0 saturated carbocycles. The van der Waals surface area contributed by atoms with E-state index in [-0.39, 0.29) is 18.1 Å². The summed E-state index contributed by atoms with van der Waals surface area (Å²) in [6.45, 7) is 1.70. The molecule has 2 aromatic heterocycles. The Kier molecular flexibility index (Phi) is 5.50. The van der Waals surface area contributed by atoms with Gasteiger partial charge >= 0.3 is 0 Å². The van der Waals surface area contributed by atoms with Gasteiger partial charge in [-0.3, -0.25) is 9.78 Å².